The minimum atomic E-state index is -0.517. The third kappa shape index (κ3) is 4.15. The molecule has 0 bridgehead atoms. The summed E-state index contributed by atoms with van der Waals surface area (Å²) in [4.78, 5) is 34.8. The lowest BCUT2D eigenvalue weighted by atomic mass is 9.72. The topological polar surface area (TPSA) is 77.0 Å². The van der Waals surface area contributed by atoms with Gasteiger partial charge in [0, 0.05) is 50.0 Å². The van der Waals surface area contributed by atoms with Gasteiger partial charge in [0.2, 0.25) is 0 Å². The van der Waals surface area contributed by atoms with E-state index >= 15 is 0 Å². The van der Waals surface area contributed by atoms with Crippen LogP contribution in [0.25, 0.3) is 0 Å². The second kappa shape index (κ2) is 8.67. The van der Waals surface area contributed by atoms with Crippen molar-refractivity contribution in [1.82, 2.24) is 9.80 Å². The molecule has 0 radical (unpaired) electrons. The Morgan fingerprint density at radius 2 is 1.36 bits per heavy atom. The summed E-state index contributed by atoms with van der Waals surface area (Å²) in [5, 5.41) is 6.68. The Labute approximate surface area is 166 Å². The van der Waals surface area contributed by atoms with Crippen molar-refractivity contribution in [3.63, 3.8) is 0 Å². The Morgan fingerprint density at radius 1 is 0.857 bits per heavy atom. The minimum Gasteiger partial charge on any atom is -0.383 e. The molecular formula is C21H29N5O2. The van der Waals surface area contributed by atoms with Crippen LogP contribution in [-0.2, 0) is 0 Å². The predicted octanol–water partition coefficient (Wildman–Crippen LogP) is 1.84. The van der Waals surface area contributed by atoms with E-state index in [-0.39, 0.29) is 11.6 Å². The van der Waals surface area contributed by atoms with E-state index in [0.29, 0.717) is 24.2 Å². The lowest BCUT2D eigenvalue weighted by Crippen LogP contribution is -2.39. The molecule has 0 aromatic heterocycles. The van der Waals surface area contributed by atoms with Crippen molar-refractivity contribution in [3.8, 4) is 0 Å². The summed E-state index contributed by atoms with van der Waals surface area (Å²) in [5.74, 6) is -1.05. The number of benzene rings is 1. The van der Waals surface area contributed by atoms with Gasteiger partial charge in [0.05, 0.1) is 23.0 Å². The molecule has 1 heterocycles. The first-order valence-corrected chi connectivity index (χ1v) is 9.62. The van der Waals surface area contributed by atoms with Gasteiger partial charge in [-0.2, -0.15) is 0 Å². The van der Waals surface area contributed by atoms with Crippen LogP contribution in [0, 0.1) is 11.8 Å². The number of hydrogen-bond donors (Lipinski definition) is 2. The fourth-order valence-electron chi connectivity index (χ4n) is 3.55. The Balaban J connectivity index is 1.98. The molecule has 2 atom stereocenters. The molecule has 0 amide bonds. The van der Waals surface area contributed by atoms with Crippen molar-refractivity contribution in [2.24, 2.45) is 16.8 Å². The first-order valence-electron chi connectivity index (χ1n) is 9.62. The first kappa shape index (κ1) is 20.2. The molecule has 7 heteroatoms. The summed E-state index contributed by atoms with van der Waals surface area (Å²) >= 11 is 0. The van der Waals surface area contributed by atoms with Crippen LogP contribution < -0.4 is 10.6 Å². The van der Waals surface area contributed by atoms with Gasteiger partial charge >= 0.3 is 0 Å². The van der Waals surface area contributed by atoms with E-state index in [9.17, 15) is 9.59 Å². The van der Waals surface area contributed by atoms with Crippen LogP contribution in [0.2, 0.25) is 0 Å². The zero-order chi connectivity index (χ0) is 20.3. The second-order valence-corrected chi connectivity index (χ2v) is 7.79. The lowest BCUT2D eigenvalue weighted by molar-refractivity contribution is 0.0817. The van der Waals surface area contributed by atoms with Gasteiger partial charge in [-0.05, 0) is 40.3 Å². The van der Waals surface area contributed by atoms with Gasteiger partial charge in [0.1, 0.15) is 0 Å². The number of allylic oxidation sites excluding steroid dienone is 1. The summed E-state index contributed by atoms with van der Waals surface area (Å²) in [6.45, 7) is 3.05. The summed E-state index contributed by atoms with van der Waals surface area (Å²) in [6, 6.07) is 3.80. The number of nitrogens with zero attached hydrogens (tertiary/aromatic N) is 3. The Hall–Kier alpha value is -2.51. The highest BCUT2D eigenvalue weighted by Crippen LogP contribution is 2.39. The number of likely N-dealkylation sites (N-methyl/N-ethyl adjacent to an activating group) is 2. The number of Topliss-reactive ketones (excluding diaryl/α,β-unsaturated/α-hetero) is 2. The molecule has 2 N–H and O–H groups in total. The maximum absolute atomic E-state index is 13.3. The van der Waals surface area contributed by atoms with Crippen molar-refractivity contribution < 1.29 is 9.59 Å². The van der Waals surface area contributed by atoms with Crippen LogP contribution in [0.3, 0.4) is 0 Å². The average Bonchev–Trinajstić information content (AvgIpc) is 2.66. The molecule has 1 aromatic rings. The summed E-state index contributed by atoms with van der Waals surface area (Å²) in [5.41, 5.74) is 2.43. The maximum atomic E-state index is 13.3. The highest BCUT2D eigenvalue weighted by atomic mass is 16.1. The summed E-state index contributed by atoms with van der Waals surface area (Å²) < 4.78 is 0. The van der Waals surface area contributed by atoms with E-state index in [0.717, 1.165) is 24.5 Å². The molecule has 2 unspecified atom stereocenters. The lowest BCUT2D eigenvalue weighted by Gasteiger charge is -2.31. The Kier molecular flexibility index (Phi) is 6.26. The molecule has 0 fully saturated rings. The number of hydrogen-bond acceptors (Lipinski definition) is 7. The zero-order valence-corrected chi connectivity index (χ0v) is 17.0. The van der Waals surface area contributed by atoms with Crippen LogP contribution in [0.5, 0.6) is 0 Å². The Morgan fingerprint density at radius 3 is 1.86 bits per heavy atom. The molecule has 3 rings (SSSR count). The zero-order valence-electron chi connectivity index (χ0n) is 17.0. The third-order valence-corrected chi connectivity index (χ3v) is 5.07. The van der Waals surface area contributed by atoms with Crippen molar-refractivity contribution in [2.45, 2.75) is 0 Å². The van der Waals surface area contributed by atoms with Crippen LogP contribution in [-0.4, -0.2) is 82.0 Å². The van der Waals surface area contributed by atoms with E-state index < -0.39 is 11.8 Å². The highest BCUT2D eigenvalue weighted by molar-refractivity contribution is 6.25. The minimum absolute atomic E-state index is 0.0226. The van der Waals surface area contributed by atoms with E-state index in [2.05, 4.69) is 25.4 Å². The van der Waals surface area contributed by atoms with Crippen molar-refractivity contribution >= 4 is 29.2 Å². The normalized spacial score (nSPS) is 20.5. The van der Waals surface area contributed by atoms with Crippen LogP contribution >= 0.6 is 0 Å². The second-order valence-electron chi connectivity index (χ2n) is 7.79. The molecule has 1 aliphatic heterocycles. The Bertz CT molecular complexity index is 746. The summed E-state index contributed by atoms with van der Waals surface area (Å²) in [7, 11) is 8.00. The molecule has 1 aromatic carbocycles. The molecule has 150 valence electrons. The molecular weight excluding hydrogens is 354 g/mol. The number of nitrogens with one attached hydrogen (secondary N) is 2. The first-order chi connectivity index (χ1) is 13.4. The molecule has 0 saturated heterocycles. The molecule has 1 aliphatic carbocycles. The SMILES string of the molecule is CN(C)CCNc1ccc(NCCN(C)C)c2c1C(=O)C1C=CN=CC1C2=O. The molecule has 0 saturated carbocycles. The largest absolute Gasteiger partial charge is 0.383 e. The maximum Gasteiger partial charge on any atom is 0.175 e. The van der Waals surface area contributed by atoms with E-state index in [1.165, 1.54) is 0 Å². The van der Waals surface area contributed by atoms with Gasteiger partial charge in [-0.25, -0.2) is 0 Å². The number of ketones is 2. The van der Waals surface area contributed by atoms with Gasteiger partial charge in [-0.1, -0.05) is 6.08 Å². The van der Waals surface area contributed by atoms with E-state index in [1.807, 2.05) is 40.3 Å². The monoisotopic (exact) mass is 383 g/mol. The van der Waals surface area contributed by atoms with Crippen LogP contribution in [0.4, 0.5) is 11.4 Å². The standard InChI is InChI=1S/C21H29N5O2/c1-25(2)11-9-23-16-5-6-17(24-10-12-26(3)4)19-18(16)20(27)14-7-8-22-13-15(14)21(19)28/h5-8,13-15,23-24H,9-12H2,1-4H3. The fourth-order valence-corrected chi connectivity index (χ4v) is 3.55. The summed E-state index contributed by atoms with van der Waals surface area (Å²) in [6.07, 6.45) is 4.95. The van der Waals surface area contributed by atoms with Gasteiger partial charge < -0.3 is 20.4 Å². The third-order valence-electron chi connectivity index (χ3n) is 5.07. The van der Waals surface area contributed by atoms with Crippen LogP contribution in [0.1, 0.15) is 20.7 Å². The number of carbonyl (C=O) groups excluding carboxylic acids is 2. The van der Waals surface area contributed by atoms with Gasteiger partial charge in [0.25, 0.3) is 0 Å². The number of fused-ring (bicyclic) bond motifs is 2. The smallest absolute Gasteiger partial charge is 0.175 e. The number of aliphatic imine (C=N–C) groups is 1. The van der Waals surface area contributed by atoms with Crippen molar-refractivity contribution in [1.29, 1.82) is 0 Å². The molecule has 7 nitrogen and oxygen atoms in total. The number of rotatable bonds is 8. The van der Waals surface area contributed by atoms with Gasteiger partial charge in [0.15, 0.2) is 11.6 Å². The fraction of sp³-hybridized carbons (Fsp3) is 0.476. The molecule has 28 heavy (non-hydrogen) atoms. The van der Waals surface area contributed by atoms with Crippen molar-refractivity contribution in [3.05, 3.63) is 35.5 Å². The van der Waals surface area contributed by atoms with Crippen molar-refractivity contribution in [2.75, 3.05) is 65.0 Å². The average molecular weight is 383 g/mol. The number of anilines is 2. The van der Waals surface area contributed by atoms with Gasteiger partial charge in [-0.3, -0.25) is 14.6 Å². The highest BCUT2D eigenvalue weighted by Gasteiger charge is 2.42. The van der Waals surface area contributed by atoms with E-state index in [1.54, 1.807) is 18.5 Å². The molecule has 2 aliphatic rings. The molecule has 0 spiro atoms. The van der Waals surface area contributed by atoms with E-state index in [4.69, 9.17) is 0 Å². The predicted molar refractivity (Wildman–Crippen MR) is 114 cm³/mol. The quantitative estimate of drug-likeness (QED) is 0.713. The number of carbonyl (C=O) groups is 2. The van der Waals surface area contributed by atoms with Gasteiger partial charge in [-0.15, -0.1) is 0 Å². The van der Waals surface area contributed by atoms with Crippen LogP contribution in [0.15, 0.2) is 29.4 Å².